The van der Waals surface area contributed by atoms with Gasteiger partial charge in [-0.1, -0.05) is 32.3 Å². The highest BCUT2D eigenvalue weighted by molar-refractivity contribution is 5.70. The summed E-state index contributed by atoms with van der Waals surface area (Å²) < 4.78 is 10.4. The van der Waals surface area contributed by atoms with Crippen molar-refractivity contribution in [2.24, 2.45) is 11.7 Å². The second-order valence-electron chi connectivity index (χ2n) is 7.63. The van der Waals surface area contributed by atoms with Gasteiger partial charge in [-0.25, -0.2) is 4.79 Å². The fraction of sp³-hybridized carbons (Fsp3) is 0.650. The average Bonchev–Trinajstić information content (AvgIpc) is 2.59. The van der Waals surface area contributed by atoms with Crippen molar-refractivity contribution in [1.82, 2.24) is 5.32 Å². The molecule has 1 amide bonds. The molecule has 1 saturated carbocycles. The van der Waals surface area contributed by atoms with Crippen LogP contribution in [0.2, 0.25) is 0 Å². The smallest absolute Gasteiger partial charge is 0.410 e. The van der Waals surface area contributed by atoms with E-state index in [1.54, 1.807) is 7.11 Å². The van der Waals surface area contributed by atoms with Gasteiger partial charge in [0.25, 0.3) is 0 Å². The molecule has 0 aliphatic heterocycles. The van der Waals surface area contributed by atoms with Crippen molar-refractivity contribution < 1.29 is 14.3 Å². The Labute approximate surface area is 150 Å². The zero-order valence-electron chi connectivity index (χ0n) is 15.3. The molecule has 0 radical (unpaired) electrons. The highest BCUT2D eigenvalue weighted by Gasteiger charge is 2.43. The van der Waals surface area contributed by atoms with Crippen molar-refractivity contribution in [1.29, 1.82) is 0 Å². The lowest BCUT2D eigenvalue weighted by Gasteiger charge is -2.47. The first-order valence-corrected chi connectivity index (χ1v) is 9.38. The van der Waals surface area contributed by atoms with Gasteiger partial charge >= 0.3 is 6.09 Å². The summed E-state index contributed by atoms with van der Waals surface area (Å²) in [7, 11) is 1.60. The summed E-state index contributed by atoms with van der Waals surface area (Å²) in [5, 5.41) is 2.68. The number of fused-ring (bicyclic) bond motifs is 4. The molecule has 0 saturated heterocycles. The molecule has 3 rings (SSSR count). The highest BCUT2D eigenvalue weighted by Crippen LogP contribution is 2.46. The van der Waals surface area contributed by atoms with Crippen LogP contribution in [0.4, 0.5) is 4.79 Å². The first-order chi connectivity index (χ1) is 12.0. The molecule has 1 unspecified atom stereocenters. The maximum absolute atomic E-state index is 11.9. The molecule has 5 nitrogen and oxygen atoms in total. The average molecular weight is 346 g/mol. The minimum atomic E-state index is -0.446. The van der Waals surface area contributed by atoms with E-state index in [0.29, 0.717) is 24.8 Å². The van der Waals surface area contributed by atoms with E-state index < -0.39 is 6.09 Å². The number of benzene rings is 1. The van der Waals surface area contributed by atoms with Gasteiger partial charge in [-0.2, -0.15) is 0 Å². The second-order valence-corrected chi connectivity index (χ2v) is 7.63. The predicted molar refractivity (Wildman–Crippen MR) is 98.0 cm³/mol. The maximum atomic E-state index is 11.9. The molecule has 1 aromatic carbocycles. The summed E-state index contributed by atoms with van der Waals surface area (Å²) in [5.74, 6) is 1.14. The van der Waals surface area contributed by atoms with Crippen molar-refractivity contribution in [3.63, 3.8) is 0 Å². The van der Waals surface area contributed by atoms with E-state index in [0.717, 1.165) is 12.8 Å². The van der Waals surface area contributed by atoms with Crippen LogP contribution in [-0.4, -0.2) is 32.4 Å². The third-order valence-corrected chi connectivity index (χ3v) is 5.98. The zero-order valence-corrected chi connectivity index (χ0v) is 15.3. The Morgan fingerprint density at radius 1 is 1.36 bits per heavy atom. The van der Waals surface area contributed by atoms with Crippen LogP contribution in [0.5, 0.6) is 5.75 Å². The van der Waals surface area contributed by atoms with Crippen LogP contribution in [-0.2, 0) is 16.6 Å². The van der Waals surface area contributed by atoms with Gasteiger partial charge in [0.05, 0.1) is 6.61 Å². The number of carbonyl (C=O) groups is 1. The Kier molecular flexibility index (Phi) is 5.64. The van der Waals surface area contributed by atoms with Crippen molar-refractivity contribution in [3.8, 4) is 5.75 Å². The molecule has 0 spiro atoms. The van der Waals surface area contributed by atoms with Gasteiger partial charge in [-0.05, 0) is 48.4 Å². The van der Waals surface area contributed by atoms with Crippen molar-refractivity contribution >= 4 is 6.09 Å². The standard InChI is InChI=1S/C20H30N2O3/c1-20-9-5-3-4-6-15(18(20)21)12-14-7-8-16(13-17(14)20)25-19(23)22-10-11-24-2/h7-8,13,15,18H,3-6,9-12,21H2,1-2H3,(H,22,23)/t15?,18-,20+/m0/s1. The lowest BCUT2D eigenvalue weighted by atomic mass is 9.60. The van der Waals surface area contributed by atoms with Crippen molar-refractivity contribution in [2.75, 3.05) is 20.3 Å². The quantitative estimate of drug-likeness (QED) is 0.822. The predicted octanol–water partition coefficient (Wildman–Crippen LogP) is 3.14. The Hall–Kier alpha value is -1.59. The van der Waals surface area contributed by atoms with Gasteiger partial charge in [0.1, 0.15) is 5.75 Å². The molecule has 1 aromatic rings. The van der Waals surface area contributed by atoms with Gasteiger partial charge in [0.2, 0.25) is 0 Å². The molecule has 25 heavy (non-hydrogen) atoms. The maximum Gasteiger partial charge on any atom is 0.412 e. The van der Waals surface area contributed by atoms with Crippen LogP contribution in [0.3, 0.4) is 0 Å². The van der Waals surface area contributed by atoms with E-state index in [1.165, 1.54) is 36.8 Å². The van der Waals surface area contributed by atoms with Gasteiger partial charge in [-0.3, -0.25) is 0 Å². The summed E-state index contributed by atoms with van der Waals surface area (Å²) in [6, 6.07) is 6.22. The molecule has 5 heteroatoms. The van der Waals surface area contributed by atoms with Crippen LogP contribution in [0.25, 0.3) is 0 Å². The minimum absolute atomic E-state index is 0.0371. The van der Waals surface area contributed by atoms with E-state index in [2.05, 4.69) is 18.3 Å². The second kappa shape index (κ2) is 7.75. The van der Waals surface area contributed by atoms with E-state index in [4.69, 9.17) is 15.2 Å². The molecule has 0 heterocycles. The normalized spacial score (nSPS) is 28.4. The van der Waals surface area contributed by atoms with E-state index in [9.17, 15) is 4.79 Å². The summed E-state index contributed by atoms with van der Waals surface area (Å²) in [4.78, 5) is 11.9. The Morgan fingerprint density at radius 2 is 2.20 bits per heavy atom. The molecular formula is C20H30N2O3. The van der Waals surface area contributed by atoms with Crippen LogP contribution in [0.1, 0.15) is 50.2 Å². The van der Waals surface area contributed by atoms with Crippen molar-refractivity contribution in [2.45, 2.75) is 56.9 Å². The lowest BCUT2D eigenvalue weighted by molar-refractivity contribution is 0.179. The zero-order chi connectivity index (χ0) is 17.9. The summed E-state index contributed by atoms with van der Waals surface area (Å²) >= 11 is 0. The molecular weight excluding hydrogens is 316 g/mol. The number of methoxy groups -OCH3 is 1. The Balaban J connectivity index is 1.81. The third-order valence-electron chi connectivity index (χ3n) is 5.98. The largest absolute Gasteiger partial charge is 0.412 e. The SMILES string of the molecule is COCCNC(=O)Oc1ccc2c(c1)[C@@]1(C)CCCCCC(C2)[C@@H]1N. The number of hydrogen-bond acceptors (Lipinski definition) is 4. The molecule has 0 aromatic heterocycles. The van der Waals surface area contributed by atoms with Crippen molar-refractivity contribution in [3.05, 3.63) is 29.3 Å². The molecule has 1 fully saturated rings. The van der Waals surface area contributed by atoms with E-state index in [1.807, 2.05) is 12.1 Å². The molecule has 3 N–H and O–H groups in total. The van der Waals surface area contributed by atoms with Crippen LogP contribution in [0.15, 0.2) is 18.2 Å². The molecule has 138 valence electrons. The van der Waals surface area contributed by atoms with E-state index in [-0.39, 0.29) is 11.5 Å². The van der Waals surface area contributed by atoms with E-state index >= 15 is 0 Å². The van der Waals surface area contributed by atoms with Crippen LogP contribution in [0, 0.1) is 5.92 Å². The van der Waals surface area contributed by atoms with Gasteiger partial charge in [0.15, 0.2) is 0 Å². The fourth-order valence-electron chi connectivity index (χ4n) is 4.49. The first-order valence-electron chi connectivity index (χ1n) is 9.38. The molecule has 2 aliphatic rings. The topological polar surface area (TPSA) is 73.6 Å². The number of nitrogens with one attached hydrogen (secondary N) is 1. The molecule has 3 atom stereocenters. The third kappa shape index (κ3) is 3.82. The monoisotopic (exact) mass is 346 g/mol. The number of carbonyl (C=O) groups excluding carboxylic acids is 1. The number of ether oxygens (including phenoxy) is 2. The Morgan fingerprint density at radius 3 is 3.00 bits per heavy atom. The van der Waals surface area contributed by atoms with Gasteiger partial charge < -0.3 is 20.5 Å². The lowest BCUT2D eigenvalue weighted by Crippen LogP contribution is -2.52. The fourth-order valence-corrected chi connectivity index (χ4v) is 4.49. The van der Waals surface area contributed by atoms with Gasteiger partial charge in [0, 0.05) is 25.1 Å². The first kappa shape index (κ1) is 18.2. The number of rotatable bonds is 4. The summed E-state index contributed by atoms with van der Waals surface area (Å²) in [6.45, 7) is 3.19. The van der Waals surface area contributed by atoms with Gasteiger partial charge in [-0.15, -0.1) is 0 Å². The highest BCUT2D eigenvalue weighted by atomic mass is 16.6. The number of nitrogens with two attached hydrogens (primary N) is 1. The van der Waals surface area contributed by atoms with Crippen LogP contribution < -0.4 is 15.8 Å². The minimum Gasteiger partial charge on any atom is -0.410 e. The number of amides is 1. The molecule has 2 bridgehead atoms. The van der Waals surface area contributed by atoms with Crippen LogP contribution >= 0.6 is 0 Å². The molecule has 2 aliphatic carbocycles. The number of hydrogen-bond donors (Lipinski definition) is 2. The summed E-state index contributed by atoms with van der Waals surface area (Å²) in [5.41, 5.74) is 9.29. The Bertz CT molecular complexity index is 619. The summed E-state index contributed by atoms with van der Waals surface area (Å²) in [6.07, 6.45) is 6.68.